The third-order valence-electron chi connectivity index (χ3n) is 2.88. The van der Waals surface area contributed by atoms with E-state index in [9.17, 15) is 4.79 Å². The van der Waals surface area contributed by atoms with Crippen molar-refractivity contribution in [3.8, 4) is 0 Å². The van der Waals surface area contributed by atoms with Crippen LogP contribution in [0.25, 0.3) is 0 Å². The Hall–Kier alpha value is -1.13. The zero-order valence-electron chi connectivity index (χ0n) is 12.1. The van der Waals surface area contributed by atoms with E-state index in [1.54, 1.807) is 0 Å². The van der Waals surface area contributed by atoms with Crippen LogP contribution in [-0.2, 0) is 0 Å². The number of aromatic amines is 1. The van der Waals surface area contributed by atoms with E-state index in [1.165, 1.54) is 0 Å². The van der Waals surface area contributed by atoms with Gasteiger partial charge in [0.25, 0.3) is 0 Å². The first-order chi connectivity index (χ1) is 8.58. The average Bonchev–Trinajstić information content (AvgIpc) is 2.70. The molecule has 1 heterocycles. The summed E-state index contributed by atoms with van der Waals surface area (Å²) < 4.78 is 0. The number of aryl methyl sites for hydroxylation is 2. The molecule has 0 aromatic carbocycles. The Morgan fingerprint density at radius 3 is 2.22 bits per heavy atom. The van der Waals surface area contributed by atoms with Crippen LogP contribution >= 0.6 is 0 Å². The minimum absolute atomic E-state index is 0.688. The SMILES string of the molecule is CCN(CC)CCCN.Cc1cc(C)c(C=O)[nH]1. The molecular formula is C14H27N3O. The van der Waals surface area contributed by atoms with Gasteiger partial charge in [-0.3, -0.25) is 4.79 Å². The first kappa shape index (κ1) is 16.9. The number of hydrogen-bond donors (Lipinski definition) is 2. The van der Waals surface area contributed by atoms with Crippen molar-refractivity contribution in [2.24, 2.45) is 5.73 Å². The summed E-state index contributed by atoms with van der Waals surface area (Å²) in [6, 6.07) is 1.95. The summed E-state index contributed by atoms with van der Waals surface area (Å²) in [6.07, 6.45) is 1.96. The number of aldehydes is 1. The second kappa shape index (κ2) is 9.85. The number of carbonyl (C=O) groups is 1. The number of nitrogens with zero attached hydrogens (tertiary/aromatic N) is 1. The Morgan fingerprint density at radius 1 is 1.33 bits per heavy atom. The number of nitrogens with one attached hydrogen (secondary N) is 1. The molecule has 1 rings (SSSR count). The fourth-order valence-electron chi connectivity index (χ4n) is 1.73. The van der Waals surface area contributed by atoms with Crippen LogP contribution in [0.4, 0.5) is 0 Å². The first-order valence-electron chi connectivity index (χ1n) is 6.62. The van der Waals surface area contributed by atoms with E-state index in [0.29, 0.717) is 5.69 Å². The van der Waals surface area contributed by atoms with Gasteiger partial charge < -0.3 is 15.6 Å². The van der Waals surface area contributed by atoms with Gasteiger partial charge in [-0.2, -0.15) is 0 Å². The van der Waals surface area contributed by atoms with Gasteiger partial charge in [-0.15, -0.1) is 0 Å². The van der Waals surface area contributed by atoms with Crippen molar-refractivity contribution in [3.05, 3.63) is 23.0 Å². The minimum Gasteiger partial charge on any atom is -0.356 e. The Kier molecular flexibility index (Phi) is 9.24. The second-order valence-corrected chi connectivity index (χ2v) is 4.34. The molecule has 3 N–H and O–H groups in total. The molecule has 4 heteroatoms. The van der Waals surface area contributed by atoms with Gasteiger partial charge in [0.2, 0.25) is 0 Å². The number of H-pyrrole nitrogens is 1. The maximum Gasteiger partial charge on any atom is 0.166 e. The number of nitrogens with two attached hydrogens (primary N) is 1. The van der Waals surface area contributed by atoms with E-state index >= 15 is 0 Å². The fraction of sp³-hybridized carbons (Fsp3) is 0.643. The van der Waals surface area contributed by atoms with Crippen molar-refractivity contribution in [2.75, 3.05) is 26.2 Å². The third-order valence-corrected chi connectivity index (χ3v) is 2.88. The maximum absolute atomic E-state index is 10.2. The van der Waals surface area contributed by atoms with E-state index < -0.39 is 0 Å². The fourth-order valence-corrected chi connectivity index (χ4v) is 1.73. The van der Waals surface area contributed by atoms with Crippen LogP contribution in [0, 0.1) is 13.8 Å². The largest absolute Gasteiger partial charge is 0.356 e. The molecular weight excluding hydrogens is 226 g/mol. The van der Waals surface area contributed by atoms with Crippen molar-refractivity contribution >= 4 is 6.29 Å². The molecule has 104 valence electrons. The molecule has 0 aliphatic heterocycles. The summed E-state index contributed by atoms with van der Waals surface area (Å²) in [4.78, 5) is 15.5. The molecule has 0 unspecified atom stereocenters. The van der Waals surface area contributed by atoms with Gasteiger partial charge in [0.15, 0.2) is 6.29 Å². The van der Waals surface area contributed by atoms with Crippen LogP contribution in [0.15, 0.2) is 6.07 Å². The number of aromatic nitrogens is 1. The van der Waals surface area contributed by atoms with Crippen LogP contribution in [-0.4, -0.2) is 42.3 Å². The summed E-state index contributed by atoms with van der Waals surface area (Å²) in [5, 5.41) is 0. The lowest BCUT2D eigenvalue weighted by Gasteiger charge is -2.16. The zero-order valence-corrected chi connectivity index (χ0v) is 12.1. The van der Waals surface area contributed by atoms with E-state index in [1.807, 2.05) is 19.9 Å². The summed E-state index contributed by atoms with van der Waals surface area (Å²) in [5.41, 5.74) is 8.10. The lowest BCUT2D eigenvalue weighted by Crippen LogP contribution is -2.25. The van der Waals surface area contributed by atoms with E-state index in [4.69, 9.17) is 5.73 Å². The van der Waals surface area contributed by atoms with Crippen molar-refractivity contribution in [1.29, 1.82) is 0 Å². The molecule has 0 fully saturated rings. The van der Waals surface area contributed by atoms with Gasteiger partial charge in [0.1, 0.15) is 0 Å². The molecule has 0 radical (unpaired) electrons. The lowest BCUT2D eigenvalue weighted by molar-refractivity contribution is 0.111. The van der Waals surface area contributed by atoms with Crippen molar-refractivity contribution in [1.82, 2.24) is 9.88 Å². The minimum atomic E-state index is 0.688. The van der Waals surface area contributed by atoms with Gasteiger partial charge >= 0.3 is 0 Å². The number of carbonyl (C=O) groups excluding carboxylic acids is 1. The molecule has 0 spiro atoms. The van der Waals surface area contributed by atoms with Crippen molar-refractivity contribution in [2.45, 2.75) is 34.1 Å². The second-order valence-electron chi connectivity index (χ2n) is 4.34. The molecule has 0 bridgehead atoms. The molecule has 0 saturated carbocycles. The van der Waals surface area contributed by atoms with E-state index in [0.717, 1.165) is 50.1 Å². The quantitative estimate of drug-likeness (QED) is 0.763. The standard InChI is InChI=1S/C7H18N2.C7H9NO/c1-3-9(4-2)7-5-6-8;1-5-3-6(2)8-7(5)4-9/h3-8H2,1-2H3;3-4,8H,1-2H3. The molecule has 0 amide bonds. The van der Waals surface area contributed by atoms with Gasteiger partial charge in [0, 0.05) is 5.69 Å². The monoisotopic (exact) mass is 253 g/mol. The smallest absolute Gasteiger partial charge is 0.166 e. The zero-order chi connectivity index (χ0) is 14.0. The molecule has 0 aliphatic rings. The highest BCUT2D eigenvalue weighted by Gasteiger charge is 1.97. The molecule has 1 aromatic heterocycles. The van der Waals surface area contributed by atoms with Crippen LogP contribution in [0.5, 0.6) is 0 Å². The summed E-state index contributed by atoms with van der Waals surface area (Å²) in [6.45, 7) is 12.5. The van der Waals surface area contributed by atoms with Crippen LogP contribution < -0.4 is 5.73 Å². The van der Waals surface area contributed by atoms with Gasteiger partial charge in [-0.1, -0.05) is 13.8 Å². The van der Waals surface area contributed by atoms with Gasteiger partial charge in [0.05, 0.1) is 5.69 Å². The molecule has 0 aliphatic carbocycles. The van der Waals surface area contributed by atoms with E-state index in [-0.39, 0.29) is 0 Å². The predicted octanol–water partition coefficient (Wildman–Crippen LogP) is 2.12. The molecule has 4 nitrogen and oxygen atoms in total. The van der Waals surface area contributed by atoms with Crippen LogP contribution in [0.1, 0.15) is 42.0 Å². The van der Waals surface area contributed by atoms with Crippen molar-refractivity contribution in [3.63, 3.8) is 0 Å². The van der Waals surface area contributed by atoms with Crippen molar-refractivity contribution < 1.29 is 4.79 Å². The summed E-state index contributed by atoms with van der Waals surface area (Å²) in [7, 11) is 0. The number of rotatable bonds is 6. The highest BCUT2D eigenvalue weighted by molar-refractivity contribution is 5.74. The molecule has 0 saturated heterocycles. The third kappa shape index (κ3) is 6.57. The van der Waals surface area contributed by atoms with Crippen LogP contribution in [0.2, 0.25) is 0 Å². The maximum atomic E-state index is 10.2. The van der Waals surface area contributed by atoms with Gasteiger partial charge in [-0.05, 0) is 58.1 Å². The highest BCUT2D eigenvalue weighted by Crippen LogP contribution is 2.04. The normalized spacial score (nSPS) is 10.1. The molecule has 18 heavy (non-hydrogen) atoms. The Bertz CT molecular complexity index is 330. The molecule has 0 atom stereocenters. The summed E-state index contributed by atoms with van der Waals surface area (Å²) >= 11 is 0. The molecule has 1 aromatic rings. The highest BCUT2D eigenvalue weighted by atomic mass is 16.1. The number of hydrogen-bond acceptors (Lipinski definition) is 3. The Balaban J connectivity index is 0.000000321. The van der Waals surface area contributed by atoms with Crippen LogP contribution in [0.3, 0.4) is 0 Å². The topological polar surface area (TPSA) is 62.1 Å². The lowest BCUT2D eigenvalue weighted by atomic mass is 10.3. The summed E-state index contributed by atoms with van der Waals surface area (Å²) in [5.74, 6) is 0. The first-order valence-corrected chi connectivity index (χ1v) is 6.62. The average molecular weight is 253 g/mol. The Labute approximate surface area is 111 Å². The predicted molar refractivity (Wildman–Crippen MR) is 77.1 cm³/mol. The Morgan fingerprint density at radius 2 is 1.94 bits per heavy atom. The van der Waals surface area contributed by atoms with E-state index in [2.05, 4.69) is 23.7 Å². The van der Waals surface area contributed by atoms with Gasteiger partial charge in [-0.25, -0.2) is 0 Å².